The van der Waals surface area contributed by atoms with Gasteiger partial charge < -0.3 is 8.92 Å². The van der Waals surface area contributed by atoms with Crippen molar-refractivity contribution in [3.05, 3.63) is 92.6 Å². The molecule has 3 aromatic rings. The Morgan fingerprint density at radius 2 is 1.60 bits per heavy atom. The molecule has 3 aromatic carbocycles. The Hall–Kier alpha value is -2.51. The molecule has 4 rings (SSSR count). The maximum atomic E-state index is 12.6. The van der Waals surface area contributed by atoms with Crippen LogP contribution in [0.5, 0.6) is 11.5 Å². The topological polar surface area (TPSA) is 69.7 Å². The fraction of sp³-hybridized carbons (Fsp3) is 0. The summed E-state index contributed by atoms with van der Waals surface area (Å²) < 4.78 is 35.6. The zero-order valence-electron chi connectivity index (χ0n) is 14.9. The van der Waals surface area contributed by atoms with Crippen LogP contribution >= 0.6 is 34.8 Å². The van der Waals surface area contributed by atoms with Crippen molar-refractivity contribution < 1.29 is 22.1 Å². The molecule has 0 radical (unpaired) electrons. The van der Waals surface area contributed by atoms with E-state index < -0.39 is 10.1 Å². The summed E-state index contributed by atoms with van der Waals surface area (Å²) in [7, 11) is -4.07. The van der Waals surface area contributed by atoms with Crippen LogP contribution in [0.2, 0.25) is 15.1 Å². The van der Waals surface area contributed by atoms with Gasteiger partial charge in [0, 0.05) is 11.1 Å². The predicted octanol–water partition coefficient (Wildman–Crippen LogP) is 6.03. The summed E-state index contributed by atoms with van der Waals surface area (Å²) in [5.74, 6) is -0.0771. The Morgan fingerprint density at radius 3 is 2.30 bits per heavy atom. The molecule has 0 aromatic heterocycles. The van der Waals surface area contributed by atoms with Crippen LogP contribution in [-0.4, -0.2) is 14.2 Å². The van der Waals surface area contributed by atoms with Crippen molar-refractivity contribution in [2.24, 2.45) is 0 Å². The van der Waals surface area contributed by atoms with Gasteiger partial charge in [0.25, 0.3) is 0 Å². The number of fused-ring (bicyclic) bond motifs is 1. The van der Waals surface area contributed by atoms with Gasteiger partial charge in [-0.15, -0.1) is 0 Å². The van der Waals surface area contributed by atoms with Crippen LogP contribution in [0.3, 0.4) is 0 Å². The Morgan fingerprint density at radius 1 is 0.867 bits per heavy atom. The van der Waals surface area contributed by atoms with E-state index in [1.54, 1.807) is 18.2 Å². The summed E-state index contributed by atoms with van der Waals surface area (Å²) in [6.07, 6.45) is 1.52. The Bertz CT molecular complexity index is 1300. The zero-order chi connectivity index (χ0) is 21.5. The molecule has 0 fully saturated rings. The molecule has 152 valence electrons. The Balaban J connectivity index is 1.59. The van der Waals surface area contributed by atoms with Crippen molar-refractivity contribution in [3.63, 3.8) is 0 Å². The van der Waals surface area contributed by atoms with Crippen molar-refractivity contribution in [1.82, 2.24) is 0 Å². The number of Topliss-reactive ketones (excluding diaryl/α,β-unsaturated/α-hetero) is 1. The minimum absolute atomic E-state index is 0.00675. The van der Waals surface area contributed by atoms with Crippen molar-refractivity contribution in [2.75, 3.05) is 0 Å². The smallest absolute Gasteiger partial charge is 0.339 e. The van der Waals surface area contributed by atoms with E-state index in [1.165, 1.54) is 48.5 Å². The van der Waals surface area contributed by atoms with Gasteiger partial charge in [-0.05, 0) is 60.2 Å². The van der Waals surface area contributed by atoms with Crippen LogP contribution in [0.15, 0.2) is 71.3 Å². The number of benzene rings is 3. The van der Waals surface area contributed by atoms with Gasteiger partial charge in [0.2, 0.25) is 5.78 Å². The maximum Gasteiger partial charge on any atom is 0.339 e. The van der Waals surface area contributed by atoms with Crippen molar-refractivity contribution in [3.8, 4) is 11.5 Å². The number of hydrogen-bond donors (Lipinski definition) is 0. The van der Waals surface area contributed by atoms with Gasteiger partial charge in [-0.3, -0.25) is 4.79 Å². The average Bonchev–Trinajstić information content (AvgIpc) is 2.99. The van der Waals surface area contributed by atoms with Crippen LogP contribution in [0.25, 0.3) is 6.08 Å². The van der Waals surface area contributed by atoms with Gasteiger partial charge in [-0.1, -0.05) is 40.9 Å². The number of ketones is 1. The first-order chi connectivity index (χ1) is 14.2. The highest BCUT2D eigenvalue weighted by Gasteiger charge is 2.28. The quantitative estimate of drug-likeness (QED) is 0.336. The molecule has 0 saturated heterocycles. The highest BCUT2D eigenvalue weighted by Crippen LogP contribution is 2.36. The van der Waals surface area contributed by atoms with Crippen LogP contribution in [-0.2, 0) is 10.1 Å². The molecule has 0 saturated carbocycles. The van der Waals surface area contributed by atoms with Crippen LogP contribution in [0, 0.1) is 0 Å². The lowest BCUT2D eigenvalue weighted by molar-refractivity contribution is 0.101. The molecule has 0 aliphatic carbocycles. The van der Waals surface area contributed by atoms with Gasteiger partial charge in [0.15, 0.2) is 5.76 Å². The molecular weight excluding hydrogens is 471 g/mol. The van der Waals surface area contributed by atoms with Crippen molar-refractivity contribution in [2.45, 2.75) is 4.90 Å². The molecule has 0 bridgehead atoms. The molecule has 0 spiro atoms. The minimum atomic E-state index is -4.07. The van der Waals surface area contributed by atoms with E-state index in [0.717, 1.165) is 0 Å². The minimum Gasteiger partial charge on any atom is -0.452 e. The molecule has 5 nitrogen and oxygen atoms in total. The van der Waals surface area contributed by atoms with Crippen molar-refractivity contribution in [1.29, 1.82) is 0 Å². The third kappa shape index (κ3) is 4.18. The third-order valence-corrected chi connectivity index (χ3v) is 6.44. The van der Waals surface area contributed by atoms with E-state index >= 15 is 0 Å². The first kappa shape index (κ1) is 20.8. The molecule has 1 aliphatic rings. The van der Waals surface area contributed by atoms with Crippen LogP contribution in [0.1, 0.15) is 15.9 Å². The monoisotopic (exact) mass is 480 g/mol. The summed E-state index contributed by atoms with van der Waals surface area (Å²) in [5.41, 5.74) is 0.917. The second-order valence-corrected chi connectivity index (χ2v) is 9.06. The molecule has 9 heteroatoms. The number of allylic oxidation sites excluding steroid dienone is 1. The first-order valence-corrected chi connectivity index (χ1v) is 11.0. The molecule has 30 heavy (non-hydrogen) atoms. The largest absolute Gasteiger partial charge is 0.452 e. The number of rotatable bonds is 4. The van der Waals surface area contributed by atoms with E-state index in [-0.39, 0.29) is 33.5 Å². The number of ether oxygens (including phenoxy) is 1. The fourth-order valence-corrected chi connectivity index (χ4v) is 4.10. The van der Waals surface area contributed by atoms with Gasteiger partial charge in [-0.25, -0.2) is 0 Å². The van der Waals surface area contributed by atoms with E-state index in [9.17, 15) is 13.2 Å². The highest BCUT2D eigenvalue weighted by atomic mass is 35.5. The van der Waals surface area contributed by atoms with Gasteiger partial charge in [-0.2, -0.15) is 8.42 Å². The molecular formula is C21H11Cl3O5S. The predicted molar refractivity (Wildman–Crippen MR) is 115 cm³/mol. The average molecular weight is 482 g/mol. The Kier molecular flexibility index (Phi) is 5.51. The molecule has 0 N–H and O–H groups in total. The van der Waals surface area contributed by atoms with E-state index in [4.69, 9.17) is 43.7 Å². The second kappa shape index (κ2) is 7.96. The summed E-state index contributed by atoms with van der Waals surface area (Å²) >= 11 is 17.7. The molecule has 0 atom stereocenters. The summed E-state index contributed by atoms with van der Waals surface area (Å²) in [6, 6.07) is 14.6. The SMILES string of the molecule is O=C1C(=Cc2ccc(Cl)c(Cl)c2)Oc2cc(OS(=O)(=O)c3ccc(Cl)cc3)ccc21. The molecule has 1 heterocycles. The van der Waals surface area contributed by atoms with Crippen LogP contribution in [0.4, 0.5) is 0 Å². The lowest BCUT2D eigenvalue weighted by Crippen LogP contribution is -2.09. The normalized spacial score (nSPS) is 14.5. The highest BCUT2D eigenvalue weighted by molar-refractivity contribution is 7.87. The molecule has 0 amide bonds. The molecule has 0 unspecified atom stereocenters. The van der Waals surface area contributed by atoms with Gasteiger partial charge in [0.1, 0.15) is 16.4 Å². The lowest BCUT2D eigenvalue weighted by Gasteiger charge is -2.08. The van der Waals surface area contributed by atoms with E-state index in [2.05, 4.69) is 0 Å². The summed E-state index contributed by atoms with van der Waals surface area (Å²) in [5, 5.41) is 1.14. The van der Waals surface area contributed by atoms with Crippen molar-refractivity contribution >= 4 is 56.8 Å². The summed E-state index contributed by atoms with van der Waals surface area (Å²) in [4.78, 5) is 12.5. The fourth-order valence-electron chi connectivity index (χ4n) is 2.75. The van der Waals surface area contributed by atoms with E-state index in [0.29, 0.717) is 20.6 Å². The number of carbonyl (C=O) groups is 1. The van der Waals surface area contributed by atoms with Gasteiger partial charge >= 0.3 is 10.1 Å². The third-order valence-electron chi connectivity index (χ3n) is 4.19. The first-order valence-electron chi connectivity index (χ1n) is 8.46. The number of halogens is 3. The zero-order valence-corrected chi connectivity index (χ0v) is 18.0. The van der Waals surface area contributed by atoms with E-state index in [1.807, 2.05) is 0 Å². The van der Waals surface area contributed by atoms with Crippen LogP contribution < -0.4 is 8.92 Å². The number of hydrogen-bond acceptors (Lipinski definition) is 5. The second-order valence-electron chi connectivity index (χ2n) is 6.26. The Labute approximate surface area is 187 Å². The lowest BCUT2D eigenvalue weighted by atomic mass is 10.1. The molecule has 1 aliphatic heterocycles. The van der Waals surface area contributed by atoms with Gasteiger partial charge in [0.05, 0.1) is 15.6 Å². The summed E-state index contributed by atoms with van der Waals surface area (Å²) in [6.45, 7) is 0. The maximum absolute atomic E-state index is 12.6. The standard InChI is InChI=1S/C21H11Cl3O5S/c22-13-2-5-15(6-3-13)30(26,27)29-14-4-7-16-19(11-14)28-20(21(16)25)10-12-1-8-17(23)18(24)9-12/h1-11H. The number of carbonyl (C=O) groups excluding carboxylic acids is 1.